The monoisotopic (exact) mass is 335 g/mol. The Morgan fingerprint density at radius 2 is 1.70 bits per heavy atom. The van der Waals surface area contributed by atoms with Crippen molar-refractivity contribution in [1.82, 2.24) is 10.6 Å². The molecule has 4 amide bonds. The summed E-state index contributed by atoms with van der Waals surface area (Å²) in [5.41, 5.74) is 5.38. The lowest BCUT2D eigenvalue weighted by Crippen LogP contribution is -2.70. The van der Waals surface area contributed by atoms with E-state index in [9.17, 15) is 34.5 Å². The SMILES string of the molecule is CC(=O)C1(O)O[C@H](CO)[C@@H](O)[C@H](O)[C@H]1N.O=C1NC(=O)C(=O)N1. The number of imide groups is 2. The largest absolute Gasteiger partial charge is 0.394 e. The van der Waals surface area contributed by atoms with Crippen molar-refractivity contribution in [2.75, 3.05) is 6.61 Å². The van der Waals surface area contributed by atoms with Crippen LogP contribution in [0.2, 0.25) is 0 Å². The van der Waals surface area contributed by atoms with Gasteiger partial charge in [0.25, 0.3) is 0 Å². The predicted molar refractivity (Wildman–Crippen MR) is 69.3 cm³/mol. The average molecular weight is 335 g/mol. The number of carbonyl (C=O) groups excluding carboxylic acids is 4. The smallest absolute Gasteiger partial charge is 0.328 e. The van der Waals surface area contributed by atoms with Crippen molar-refractivity contribution in [3.63, 3.8) is 0 Å². The molecule has 2 heterocycles. The molecule has 0 aromatic heterocycles. The van der Waals surface area contributed by atoms with Gasteiger partial charge in [-0.3, -0.25) is 25.0 Å². The van der Waals surface area contributed by atoms with Crippen molar-refractivity contribution in [3.8, 4) is 0 Å². The number of aliphatic hydroxyl groups is 4. The lowest BCUT2D eigenvalue weighted by Gasteiger charge is -2.44. The molecule has 5 atom stereocenters. The Morgan fingerprint density at radius 3 is 2.00 bits per heavy atom. The molecule has 130 valence electrons. The van der Waals surface area contributed by atoms with Crippen LogP contribution in [0.3, 0.4) is 0 Å². The van der Waals surface area contributed by atoms with E-state index in [4.69, 9.17) is 15.6 Å². The van der Waals surface area contributed by atoms with E-state index in [0.717, 1.165) is 6.92 Å². The molecule has 2 aliphatic rings. The van der Waals surface area contributed by atoms with Crippen LogP contribution in [0.1, 0.15) is 6.92 Å². The summed E-state index contributed by atoms with van der Waals surface area (Å²) in [5, 5.41) is 40.8. The maximum Gasteiger partial charge on any atom is 0.328 e. The van der Waals surface area contributed by atoms with Gasteiger partial charge in [0.05, 0.1) is 12.6 Å². The van der Waals surface area contributed by atoms with Gasteiger partial charge >= 0.3 is 17.8 Å². The number of ketones is 1. The lowest BCUT2D eigenvalue weighted by atomic mass is 9.89. The lowest BCUT2D eigenvalue weighted by molar-refractivity contribution is -0.296. The van der Waals surface area contributed by atoms with Crippen LogP contribution < -0.4 is 16.4 Å². The molecule has 0 spiro atoms. The van der Waals surface area contributed by atoms with E-state index in [0.29, 0.717) is 0 Å². The second-order valence-corrected chi connectivity index (χ2v) is 4.84. The number of aliphatic hydroxyl groups excluding tert-OH is 3. The number of amides is 4. The summed E-state index contributed by atoms with van der Waals surface area (Å²) in [6, 6.07) is -2.20. The summed E-state index contributed by atoms with van der Waals surface area (Å²) < 4.78 is 4.80. The predicted octanol–water partition coefficient (Wildman–Crippen LogP) is -4.94. The third-order valence-electron chi connectivity index (χ3n) is 3.23. The summed E-state index contributed by atoms with van der Waals surface area (Å²) in [4.78, 5) is 41.2. The van der Waals surface area contributed by atoms with E-state index < -0.39 is 60.4 Å². The Hall–Kier alpha value is -1.96. The van der Waals surface area contributed by atoms with E-state index in [1.165, 1.54) is 0 Å². The van der Waals surface area contributed by atoms with Crippen LogP contribution in [0.5, 0.6) is 0 Å². The molecule has 12 nitrogen and oxygen atoms in total. The average Bonchev–Trinajstić information content (AvgIpc) is 2.77. The van der Waals surface area contributed by atoms with Crippen molar-refractivity contribution in [2.45, 2.75) is 37.1 Å². The fourth-order valence-electron chi connectivity index (χ4n) is 1.86. The zero-order chi connectivity index (χ0) is 17.9. The minimum atomic E-state index is -2.37. The first kappa shape index (κ1) is 19.1. The number of nitrogens with two attached hydrogens (primary N) is 1. The molecule has 12 heteroatoms. The zero-order valence-corrected chi connectivity index (χ0v) is 11.9. The third-order valence-corrected chi connectivity index (χ3v) is 3.23. The molecule has 2 rings (SSSR count). The van der Waals surface area contributed by atoms with Crippen molar-refractivity contribution in [1.29, 1.82) is 0 Å². The van der Waals surface area contributed by atoms with Gasteiger partial charge in [-0.05, 0) is 0 Å². The van der Waals surface area contributed by atoms with Crippen molar-refractivity contribution < 1.29 is 44.3 Å². The normalized spacial score (nSPS) is 36.7. The maximum atomic E-state index is 11.1. The van der Waals surface area contributed by atoms with E-state index in [-0.39, 0.29) is 0 Å². The minimum Gasteiger partial charge on any atom is -0.394 e. The Kier molecular flexibility index (Phi) is 5.87. The highest BCUT2D eigenvalue weighted by Gasteiger charge is 2.54. The first-order valence-corrected chi connectivity index (χ1v) is 6.34. The molecule has 2 saturated heterocycles. The molecule has 23 heavy (non-hydrogen) atoms. The molecule has 1 unspecified atom stereocenters. The van der Waals surface area contributed by atoms with Crippen LogP contribution in [-0.2, 0) is 19.1 Å². The molecule has 0 saturated carbocycles. The van der Waals surface area contributed by atoms with Gasteiger partial charge in [-0.1, -0.05) is 0 Å². The van der Waals surface area contributed by atoms with Crippen LogP contribution in [0, 0.1) is 0 Å². The highest BCUT2D eigenvalue weighted by atomic mass is 16.7. The van der Waals surface area contributed by atoms with Crippen molar-refractivity contribution >= 4 is 23.6 Å². The summed E-state index contributed by atoms with van der Waals surface area (Å²) >= 11 is 0. The molecule has 0 bridgehead atoms. The molecule has 0 aromatic rings. The number of ether oxygens (including phenoxy) is 1. The summed E-state index contributed by atoms with van der Waals surface area (Å²) in [5.74, 6) is -4.95. The van der Waals surface area contributed by atoms with Gasteiger partial charge in [-0.25, -0.2) is 4.79 Å². The number of rotatable bonds is 2. The summed E-state index contributed by atoms with van der Waals surface area (Å²) in [6.07, 6.45) is -4.22. The Labute approximate surface area is 129 Å². The first-order valence-electron chi connectivity index (χ1n) is 6.34. The first-order chi connectivity index (χ1) is 10.5. The molecule has 0 radical (unpaired) electrons. The van der Waals surface area contributed by atoms with Crippen molar-refractivity contribution in [2.24, 2.45) is 5.73 Å². The van der Waals surface area contributed by atoms with Crippen LogP contribution >= 0.6 is 0 Å². The van der Waals surface area contributed by atoms with Crippen molar-refractivity contribution in [3.05, 3.63) is 0 Å². The number of nitrogens with one attached hydrogen (secondary N) is 2. The van der Waals surface area contributed by atoms with Gasteiger partial charge in [0.15, 0.2) is 5.78 Å². The summed E-state index contributed by atoms with van der Waals surface area (Å²) in [6.45, 7) is 0.402. The topological polar surface area (TPSA) is 209 Å². The van der Waals surface area contributed by atoms with E-state index >= 15 is 0 Å². The van der Waals surface area contributed by atoms with Gasteiger partial charge in [0, 0.05) is 6.92 Å². The van der Waals surface area contributed by atoms with Gasteiger partial charge in [-0.2, -0.15) is 0 Å². The molecule has 2 fully saturated rings. The molecular weight excluding hydrogens is 318 g/mol. The minimum absolute atomic E-state index is 0.638. The number of urea groups is 1. The number of Topliss-reactive ketones (excluding diaryl/α,β-unsaturated/α-hetero) is 1. The molecule has 2 aliphatic heterocycles. The fraction of sp³-hybridized carbons (Fsp3) is 0.636. The zero-order valence-electron chi connectivity index (χ0n) is 11.9. The second-order valence-electron chi connectivity index (χ2n) is 4.84. The van der Waals surface area contributed by atoms with Crippen LogP contribution in [0.4, 0.5) is 4.79 Å². The fourth-order valence-corrected chi connectivity index (χ4v) is 1.86. The highest BCUT2D eigenvalue weighted by molar-refractivity contribution is 6.44. The van der Waals surface area contributed by atoms with Crippen LogP contribution in [-0.4, -0.2) is 80.8 Å². The standard InChI is InChI=1S/C8H15NO6.C3H2N2O3/c1-3(11)8(14)7(9)6(13)5(12)4(2-10)15-8;6-1-2(7)5-3(8)4-1/h4-7,10,12-14H,2,9H2,1H3;(H2,4,5,6,7,8)/t4-,5-,6+,7-,8?;/m1./s1. The van der Waals surface area contributed by atoms with Gasteiger partial charge in [0.1, 0.15) is 18.3 Å². The highest BCUT2D eigenvalue weighted by Crippen LogP contribution is 2.27. The Bertz CT molecular complexity index is 505. The third kappa shape index (κ3) is 3.87. The quantitative estimate of drug-likeness (QED) is 0.189. The van der Waals surface area contributed by atoms with Crippen LogP contribution in [0.15, 0.2) is 0 Å². The van der Waals surface area contributed by atoms with E-state index in [1.54, 1.807) is 10.6 Å². The van der Waals surface area contributed by atoms with Gasteiger partial charge in [-0.15, -0.1) is 0 Å². The Morgan fingerprint density at radius 1 is 1.22 bits per heavy atom. The molecular formula is C11H17N3O9. The molecule has 0 aromatic carbocycles. The van der Waals surface area contributed by atoms with Crippen LogP contribution in [0.25, 0.3) is 0 Å². The van der Waals surface area contributed by atoms with E-state index in [2.05, 4.69) is 0 Å². The maximum absolute atomic E-state index is 11.1. The molecule has 0 aliphatic carbocycles. The Balaban J connectivity index is 0.000000277. The second kappa shape index (κ2) is 7.08. The van der Waals surface area contributed by atoms with Gasteiger partial charge in [0.2, 0.25) is 5.79 Å². The number of hydrogen-bond acceptors (Lipinski definition) is 10. The molecule has 8 N–H and O–H groups in total. The number of carbonyl (C=O) groups is 4. The number of hydrogen-bond donors (Lipinski definition) is 7. The van der Waals surface area contributed by atoms with E-state index in [1.807, 2.05) is 0 Å². The van der Waals surface area contributed by atoms with Gasteiger partial charge < -0.3 is 30.9 Å². The summed E-state index contributed by atoms with van der Waals surface area (Å²) in [7, 11) is 0.